The van der Waals surface area contributed by atoms with Gasteiger partial charge in [-0.25, -0.2) is 0 Å². The first-order chi connectivity index (χ1) is 8.79. The topological polar surface area (TPSA) is 21.3 Å². The van der Waals surface area contributed by atoms with E-state index in [1.54, 1.807) is 11.3 Å². The van der Waals surface area contributed by atoms with Gasteiger partial charge in [0, 0.05) is 12.0 Å². The number of fused-ring (bicyclic) bond motifs is 1. The van der Waals surface area contributed by atoms with Crippen LogP contribution >= 0.6 is 33.9 Å². The Bertz CT molecular complexity index is 567. The maximum Gasteiger partial charge on any atom is 0.127 e. The summed E-state index contributed by atoms with van der Waals surface area (Å²) in [6.07, 6.45) is 1.03. The molecule has 0 fully saturated rings. The van der Waals surface area contributed by atoms with Gasteiger partial charge in [-0.05, 0) is 52.2 Å². The number of benzene rings is 1. The quantitative estimate of drug-likeness (QED) is 0.833. The van der Waals surface area contributed by atoms with E-state index < -0.39 is 0 Å². The minimum atomic E-state index is 0.220. The zero-order chi connectivity index (χ0) is 12.5. The van der Waals surface area contributed by atoms with Crippen molar-refractivity contribution in [2.45, 2.75) is 12.5 Å². The van der Waals surface area contributed by atoms with Gasteiger partial charge in [0.15, 0.2) is 0 Å². The fraction of sp³-hybridized carbons (Fsp3) is 0.286. The largest absolute Gasteiger partial charge is 0.493 e. The molecule has 2 aromatic rings. The lowest BCUT2D eigenvalue weighted by Gasteiger charge is -2.18. The second kappa shape index (κ2) is 5.19. The van der Waals surface area contributed by atoms with Crippen molar-refractivity contribution < 1.29 is 4.74 Å². The molecule has 0 spiro atoms. The van der Waals surface area contributed by atoms with Crippen LogP contribution in [0.25, 0.3) is 0 Å². The molecule has 94 valence electrons. The van der Waals surface area contributed by atoms with Gasteiger partial charge in [0.05, 0.1) is 15.5 Å². The average Bonchev–Trinajstić information content (AvgIpc) is 2.99. The van der Waals surface area contributed by atoms with Crippen LogP contribution in [-0.4, -0.2) is 13.7 Å². The van der Waals surface area contributed by atoms with Crippen LogP contribution in [0.15, 0.2) is 29.6 Å². The highest BCUT2D eigenvalue weighted by Gasteiger charge is 2.22. The number of nitrogens with one attached hydrogen (secondary N) is 1. The first kappa shape index (κ1) is 12.4. The minimum Gasteiger partial charge on any atom is -0.493 e. The van der Waals surface area contributed by atoms with E-state index >= 15 is 0 Å². The van der Waals surface area contributed by atoms with Gasteiger partial charge in [0.25, 0.3) is 0 Å². The summed E-state index contributed by atoms with van der Waals surface area (Å²) < 4.78 is 7.12. The molecule has 0 bridgehead atoms. The number of ether oxygens (including phenoxy) is 1. The number of thiophene rings is 1. The van der Waals surface area contributed by atoms with Crippen molar-refractivity contribution in [1.29, 1.82) is 0 Å². The van der Waals surface area contributed by atoms with Gasteiger partial charge in [0.1, 0.15) is 5.75 Å². The predicted octanol–water partition coefficient (Wildman–Crippen LogP) is 3.60. The third kappa shape index (κ3) is 2.17. The number of hydrogen-bond acceptors (Lipinski definition) is 3. The summed E-state index contributed by atoms with van der Waals surface area (Å²) in [5, 5.41) is 5.62. The third-order valence-electron chi connectivity index (χ3n) is 3.27. The molecule has 1 aromatic heterocycles. The maximum absolute atomic E-state index is 5.80. The van der Waals surface area contributed by atoms with Crippen LogP contribution in [0.4, 0.5) is 0 Å². The first-order valence-corrected chi connectivity index (χ1v) is 7.91. The zero-order valence-electron chi connectivity index (χ0n) is 10.1. The highest BCUT2D eigenvalue weighted by Crippen LogP contribution is 2.37. The zero-order valence-corrected chi connectivity index (χ0v) is 13.0. The SMILES string of the molecule is CNC(c1csc(I)c1)c1cccc2c1OCC2. The summed E-state index contributed by atoms with van der Waals surface area (Å²) in [6.45, 7) is 0.809. The van der Waals surface area contributed by atoms with Crippen molar-refractivity contribution in [2.24, 2.45) is 0 Å². The number of para-hydroxylation sites is 1. The molecule has 3 rings (SSSR count). The van der Waals surface area contributed by atoms with E-state index in [2.05, 4.69) is 57.6 Å². The Morgan fingerprint density at radius 1 is 1.44 bits per heavy atom. The highest BCUT2D eigenvalue weighted by molar-refractivity contribution is 14.1. The third-order valence-corrected chi connectivity index (χ3v) is 5.07. The summed E-state index contributed by atoms with van der Waals surface area (Å²) in [7, 11) is 2.00. The van der Waals surface area contributed by atoms with Crippen LogP contribution < -0.4 is 10.1 Å². The van der Waals surface area contributed by atoms with Gasteiger partial charge >= 0.3 is 0 Å². The smallest absolute Gasteiger partial charge is 0.127 e. The van der Waals surface area contributed by atoms with E-state index in [9.17, 15) is 0 Å². The van der Waals surface area contributed by atoms with Crippen molar-refractivity contribution in [3.63, 3.8) is 0 Å². The molecule has 2 nitrogen and oxygen atoms in total. The lowest BCUT2D eigenvalue weighted by Crippen LogP contribution is -2.17. The van der Waals surface area contributed by atoms with Crippen molar-refractivity contribution in [1.82, 2.24) is 5.32 Å². The van der Waals surface area contributed by atoms with E-state index in [1.807, 2.05) is 7.05 Å². The molecule has 0 saturated heterocycles. The van der Waals surface area contributed by atoms with Gasteiger partial charge in [-0.15, -0.1) is 11.3 Å². The summed E-state index contributed by atoms with van der Waals surface area (Å²) >= 11 is 4.15. The fourth-order valence-corrected chi connectivity index (χ4v) is 3.84. The van der Waals surface area contributed by atoms with Crippen LogP contribution in [0.1, 0.15) is 22.7 Å². The average molecular weight is 371 g/mol. The van der Waals surface area contributed by atoms with Crippen LogP contribution in [0.3, 0.4) is 0 Å². The highest BCUT2D eigenvalue weighted by atomic mass is 127. The van der Waals surface area contributed by atoms with Crippen molar-refractivity contribution in [3.05, 3.63) is 49.2 Å². The maximum atomic E-state index is 5.80. The monoisotopic (exact) mass is 371 g/mol. The molecule has 1 N–H and O–H groups in total. The number of rotatable bonds is 3. The van der Waals surface area contributed by atoms with Crippen LogP contribution in [0, 0.1) is 2.88 Å². The van der Waals surface area contributed by atoms with Gasteiger partial charge < -0.3 is 10.1 Å². The molecule has 2 heterocycles. The Morgan fingerprint density at radius 3 is 3.06 bits per heavy atom. The number of hydrogen-bond donors (Lipinski definition) is 1. The Hall–Kier alpha value is -0.590. The van der Waals surface area contributed by atoms with Crippen molar-refractivity contribution >= 4 is 33.9 Å². The molecule has 1 unspecified atom stereocenters. The molecule has 0 amide bonds. The fourth-order valence-electron chi connectivity index (χ4n) is 2.44. The van der Waals surface area contributed by atoms with Crippen LogP contribution in [0.5, 0.6) is 5.75 Å². The summed E-state index contributed by atoms with van der Waals surface area (Å²) in [5.74, 6) is 1.08. The van der Waals surface area contributed by atoms with E-state index in [0.29, 0.717) is 0 Å². The van der Waals surface area contributed by atoms with Crippen molar-refractivity contribution in [2.75, 3.05) is 13.7 Å². The Kier molecular flexibility index (Phi) is 3.59. The molecule has 1 aromatic carbocycles. The van der Waals surface area contributed by atoms with E-state index in [4.69, 9.17) is 4.74 Å². The van der Waals surface area contributed by atoms with E-state index in [0.717, 1.165) is 18.8 Å². The first-order valence-electron chi connectivity index (χ1n) is 5.95. The molecular weight excluding hydrogens is 357 g/mol. The number of halogens is 1. The molecule has 4 heteroatoms. The van der Waals surface area contributed by atoms with E-state index in [-0.39, 0.29) is 6.04 Å². The van der Waals surface area contributed by atoms with Gasteiger partial charge in [-0.1, -0.05) is 18.2 Å². The van der Waals surface area contributed by atoms with E-state index in [1.165, 1.54) is 19.6 Å². The summed E-state index contributed by atoms with van der Waals surface area (Å²) in [5.41, 5.74) is 3.90. The minimum absolute atomic E-state index is 0.220. The molecule has 0 aliphatic carbocycles. The van der Waals surface area contributed by atoms with Gasteiger partial charge in [0.2, 0.25) is 0 Å². The lowest BCUT2D eigenvalue weighted by molar-refractivity contribution is 0.351. The van der Waals surface area contributed by atoms with Crippen LogP contribution in [0.2, 0.25) is 0 Å². The van der Waals surface area contributed by atoms with Crippen molar-refractivity contribution in [3.8, 4) is 5.75 Å². The van der Waals surface area contributed by atoms with Gasteiger partial charge in [-0.2, -0.15) is 0 Å². The summed E-state index contributed by atoms with van der Waals surface area (Å²) in [6, 6.07) is 8.91. The molecule has 0 radical (unpaired) electrons. The second-order valence-corrected chi connectivity index (χ2v) is 7.15. The molecular formula is C14H14INOS. The predicted molar refractivity (Wildman–Crippen MR) is 83.6 cm³/mol. The standard InChI is InChI=1S/C14H14INOS/c1-16-13(10-7-12(15)18-8-10)11-4-2-3-9-5-6-17-14(9)11/h2-4,7-8,13,16H,5-6H2,1H3. The van der Waals surface area contributed by atoms with Gasteiger partial charge in [-0.3, -0.25) is 0 Å². The second-order valence-electron chi connectivity index (χ2n) is 4.34. The molecule has 1 aliphatic rings. The Balaban J connectivity index is 2.05. The van der Waals surface area contributed by atoms with Crippen LogP contribution in [-0.2, 0) is 6.42 Å². The normalized spacial score (nSPS) is 15.2. The lowest BCUT2D eigenvalue weighted by atomic mass is 9.98. The molecule has 1 atom stereocenters. The molecule has 1 aliphatic heterocycles. The molecule has 0 saturated carbocycles. The Labute approximate surface area is 125 Å². The summed E-state index contributed by atoms with van der Waals surface area (Å²) in [4.78, 5) is 0. The molecule has 18 heavy (non-hydrogen) atoms. The Morgan fingerprint density at radius 2 is 2.33 bits per heavy atom.